The molecule has 8 nitrogen and oxygen atoms in total. The second-order valence-electron chi connectivity index (χ2n) is 8.52. The number of amides is 1. The van der Waals surface area contributed by atoms with Crippen molar-refractivity contribution in [2.24, 2.45) is 7.05 Å². The normalized spacial score (nSPS) is 16.3. The molecule has 0 saturated carbocycles. The summed E-state index contributed by atoms with van der Waals surface area (Å²) in [6.07, 6.45) is 4.36. The molecule has 2 aromatic carbocycles. The van der Waals surface area contributed by atoms with Gasteiger partial charge in [0.15, 0.2) is 11.6 Å². The van der Waals surface area contributed by atoms with Crippen LogP contribution in [0.3, 0.4) is 0 Å². The minimum atomic E-state index is -0.608. The molecule has 1 aliphatic heterocycles. The smallest absolute Gasteiger partial charge is 0.252 e. The topological polar surface area (TPSA) is 90.3 Å². The van der Waals surface area contributed by atoms with Gasteiger partial charge in [-0.2, -0.15) is 5.10 Å². The fourth-order valence-corrected chi connectivity index (χ4v) is 4.29. The van der Waals surface area contributed by atoms with E-state index < -0.39 is 11.9 Å². The highest BCUT2D eigenvalue weighted by atomic mass is 19.1. The molecule has 1 fully saturated rings. The Morgan fingerprint density at radius 2 is 2.09 bits per heavy atom. The van der Waals surface area contributed by atoms with Crippen LogP contribution in [0.15, 0.2) is 60.9 Å². The zero-order chi connectivity index (χ0) is 24.4. The van der Waals surface area contributed by atoms with Crippen molar-refractivity contribution in [1.29, 1.82) is 0 Å². The van der Waals surface area contributed by atoms with Gasteiger partial charge in [0, 0.05) is 37.0 Å². The van der Waals surface area contributed by atoms with Crippen LogP contribution in [-0.4, -0.2) is 47.0 Å². The molecule has 0 aliphatic carbocycles. The average molecular weight is 476 g/mol. The van der Waals surface area contributed by atoms with E-state index in [9.17, 15) is 9.18 Å². The van der Waals surface area contributed by atoms with Gasteiger partial charge in [-0.1, -0.05) is 12.1 Å². The summed E-state index contributed by atoms with van der Waals surface area (Å²) in [5.41, 5.74) is 1.79. The molecule has 9 heteroatoms. The quantitative estimate of drug-likeness (QED) is 0.422. The van der Waals surface area contributed by atoms with Crippen molar-refractivity contribution in [3.05, 3.63) is 83.6 Å². The first-order chi connectivity index (χ1) is 17.0. The Bertz CT molecular complexity index is 1370. The predicted molar refractivity (Wildman–Crippen MR) is 130 cm³/mol. The summed E-state index contributed by atoms with van der Waals surface area (Å²) in [7, 11) is 3.19. The summed E-state index contributed by atoms with van der Waals surface area (Å²) in [4.78, 5) is 17.8. The van der Waals surface area contributed by atoms with Crippen LogP contribution >= 0.6 is 0 Å². The molecule has 180 valence electrons. The second kappa shape index (κ2) is 9.71. The van der Waals surface area contributed by atoms with Crippen LogP contribution < -0.4 is 15.4 Å². The number of nitrogens with one attached hydrogen (secondary N) is 2. The van der Waals surface area contributed by atoms with E-state index in [-0.39, 0.29) is 17.7 Å². The van der Waals surface area contributed by atoms with Gasteiger partial charge in [0.2, 0.25) is 0 Å². The van der Waals surface area contributed by atoms with Crippen molar-refractivity contribution in [3.63, 3.8) is 0 Å². The highest BCUT2D eigenvalue weighted by Crippen LogP contribution is 2.27. The molecule has 2 unspecified atom stereocenters. The molecule has 2 N–H and O–H groups in total. The minimum absolute atomic E-state index is 0.139. The summed E-state index contributed by atoms with van der Waals surface area (Å²) >= 11 is 0. The van der Waals surface area contributed by atoms with Gasteiger partial charge in [0.25, 0.3) is 5.91 Å². The monoisotopic (exact) mass is 475 g/mol. The number of aromatic nitrogens is 3. The third kappa shape index (κ3) is 4.81. The summed E-state index contributed by atoms with van der Waals surface area (Å²) < 4.78 is 26.6. The van der Waals surface area contributed by atoms with E-state index >= 15 is 0 Å². The number of methoxy groups -OCH3 is 1. The zero-order valence-electron chi connectivity index (χ0n) is 19.5. The largest absolute Gasteiger partial charge is 0.494 e. The number of benzene rings is 2. The summed E-state index contributed by atoms with van der Waals surface area (Å²) in [5, 5.41) is 12.5. The zero-order valence-corrected chi connectivity index (χ0v) is 19.5. The molecule has 5 rings (SSSR count). The number of fused-ring (bicyclic) bond motifs is 1. The van der Waals surface area contributed by atoms with Crippen molar-refractivity contribution >= 4 is 22.5 Å². The van der Waals surface area contributed by atoms with Gasteiger partial charge < -0.3 is 20.1 Å². The SMILES string of the molecule is COc1ccc(C(NC(=O)c2ccc3cnc(NC4CCOC4)cc3c2)c2ccnn2C)cc1F. The lowest BCUT2D eigenvalue weighted by Crippen LogP contribution is -2.30. The third-order valence-electron chi connectivity index (χ3n) is 6.20. The van der Waals surface area contributed by atoms with Gasteiger partial charge in [0.1, 0.15) is 5.82 Å². The van der Waals surface area contributed by atoms with Crippen molar-refractivity contribution in [2.75, 3.05) is 25.6 Å². The lowest BCUT2D eigenvalue weighted by molar-refractivity contribution is 0.0942. The number of halogens is 1. The molecule has 35 heavy (non-hydrogen) atoms. The molecule has 4 aromatic rings. The summed E-state index contributed by atoms with van der Waals surface area (Å²) in [6.45, 7) is 1.40. The number of aryl methyl sites for hydroxylation is 1. The average Bonchev–Trinajstić information content (AvgIpc) is 3.53. The molecule has 2 aromatic heterocycles. The minimum Gasteiger partial charge on any atom is -0.494 e. The molecule has 1 aliphatic rings. The van der Waals surface area contributed by atoms with Crippen LogP contribution in [0.1, 0.15) is 34.1 Å². The molecule has 1 saturated heterocycles. The maximum Gasteiger partial charge on any atom is 0.252 e. The number of hydrogen-bond acceptors (Lipinski definition) is 6. The van der Waals surface area contributed by atoms with Crippen LogP contribution in [0.4, 0.5) is 10.2 Å². The van der Waals surface area contributed by atoms with E-state index in [1.165, 1.54) is 13.2 Å². The Morgan fingerprint density at radius 1 is 1.20 bits per heavy atom. The maximum absolute atomic E-state index is 14.5. The fraction of sp³-hybridized carbons (Fsp3) is 0.269. The van der Waals surface area contributed by atoms with Gasteiger partial charge in [-0.15, -0.1) is 0 Å². The first kappa shape index (κ1) is 22.8. The van der Waals surface area contributed by atoms with E-state index in [1.807, 2.05) is 18.2 Å². The first-order valence-corrected chi connectivity index (χ1v) is 11.4. The van der Waals surface area contributed by atoms with Gasteiger partial charge in [-0.05, 0) is 53.8 Å². The highest BCUT2D eigenvalue weighted by Gasteiger charge is 2.22. The fourth-order valence-electron chi connectivity index (χ4n) is 4.29. The molecule has 0 bridgehead atoms. The molecule has 3 heterocycles. The molecule has 0 spiro atoms. The van der Waals surface area contributed by atoms with Crippen LogP contribution in [0.5, 0.6) is 5.75 Å². The molecule has 2 atom stereocenters. The standard InChI is InChI=1S/C26H26FN5O3/c1-32-22(7-9-29-32)25(16-5-6-23(34-2)21(27)12-16)31-26(33)17-3-4-18-14-28-24(13-19(18)11-17)30-20-8-10-35-15-20/h3-7,9,11-14,20,25H,8,10,15H2,1-2H3,(H,28,30)(H,31,33). The lowest BCUT2D eigenvalue weighted by Gasteiger charge is -2.20. The van der Waals surface area contributed by atoms with Crippen molar-refractivity contribution in [2.45, 2.75) is 18.5 Å². The second-order valence-corrected chi connectivity index (χ2v) is 8.52. The van der Waals surface area contributed by atoms with E-state index in [2.05, 4.69) is 20.7 Å². The van der Waals surface area contributed by atoms with E-state index in [0.29, 0.717) is 17.7 Å². The van der Waals surface area contributed by atoms with E-state index in [1.54, 1.807) is 48.4 Å². The molecule has 1 amide bonds. The van der Waals surface area contributed by atoms with E-state index in [0.717, 1.165) is 35.3 Å². The Balaban J connectivity index is 1.43. The van der Waals surface area contributed by atoms with Gasteiger partial charge in [0.05, 0.1) is 31.5 Å². The number of carbonyl (C=O) groups excluding carboxylic acids is 1. The Hall–Kier alpha value is -3.98. The van der Waals surface area contributed by atoms with Crippen LogP contribution in [0.2, 0.25) is 0 Å². The number of anilines is 1. The van der Waals surface area contributed by atoms with Gasteiger partial charge in [-0.25, -0.2) is 9.37 Å². The number of ether oxygens (including phenoxy) is 2. The van der Waals surface area contributed by atoms with Crippen LogP contribution in [0.25, 0.3) is 10.8 Å². The number of hydrogen-bond donors (Lipinski definition) is 2. The summed E-state index contributed by atoms with van der Waals surface area (Å²) in [5.74, 6) is 0.0923. The van der Waals surface area contributed by atoms with Gasteiger partial charge in [-0.3, -0.25) is 9.48 Å². The van der Waals surface area contributed by atoms with Crippen LogP contribution in [-0.2, 0) is 11.8 Å². The predicted octanol–water partition coefficient (Wildman–Crippen LogP) is 3.84. The van der Waals surface area contributed by atoms with Gasteiger partial charge >= 0.3 is 0 Å². The highest BCUT2D eigenvalue weighted by molar-refractivity contribution is 5.99. The number of pyridine rings is 1. The summed E-state index contributed by atoms with van der Waals surface area (Å²) in [6, 6.07) is 13.5. The number of rotatable bonds is 7. The number of carbonyl (C=O) groups is 1. The molecule has 0 radical (unpaired) electrons. The lowest BCUT2D eigenvalue weighted by atomic mass is 10.0. The van der Waals surface area contributed by atoms with Crippen molar-refractivity contribution in [1.82, 2.24) is 20.1 Å². The third-order valence-corrected chi connectivity index (χ3v) is 6.20. The molecular formula is C26H26FN5O3. The van der Waals surface area contributed by atoms with E-state index in [4.69, 9.17) is 9.47 Å². The molecular weight excluding hydrogens is 449 g/mol. The van der Waals surface area contributed by atoms with Crippen molar-refractivity contribution < 1.29 is 18.7 Å². The first-order valence-electron chi connectivity index (χ1n) is 11.4. The Morgan fingerprint density at radius 3 is 2.80 bits per heavy atom. The number of nitrogens with zero attached hydrogens (tertiary/aromatic N) is 3. The maximum atomic E-state index is 14.5. The Labute approximate surface area is 202 Å². The van der Waals surface area contributed by atoms with Crippen LogP contribution in [0, 0.1) is 5.82 Å². The van der Waals surface area contributed by atoms with Crippen molar-refractivity contribution in [3.8, 4) is 5.75 Å². The Kier molecular flexibility index (Phi) is 6.33.